The molecule has 1 radical (unpaired) electrons. The molecule has 0 aromatic heterocycles. The van der Waals surface area contributed by atoms with Gasteiger partial charge in [0.25, 0.3) is 6.47 Å². The number of carbonyl (C=O) groups is 1. The average Bonchev–Trinajstić information content (AvgIpc) is 1.61. The van der Waals surface area contributed by atoms with Gasteiger partial charge in [-0.15, -0.1) is 0 Å². The number of carbonyl (C=O) groups excluding carboxylic acids is 1. The lowest BCUT2D eigenvalue weighted by Gasteiger charge is -1.84. The summed E-state index contributed by atoms with van der Waals surface area (Å²) in [5.74, 6) is 0. The second-order valence-corrected chi connectivity index (χ2v) is 0.499. The van der Waals surface area contributed by atoms with Crippen molar-refractivity contribution >= 4 is 6.47 Å². The summed E-state index contributed by atoms with van der Waals surface area (Å²) in [7, 11) is 0. The van der Waals surface area contributed by atoms with Crippen molar-refractivity contribution in [3.8, 4) is 0 Å². The second-order valence-electron chi connectivity index (χ2n) is 0.499. The molecule has 0 amide bonds. The van der Waals surface area contributed by atoms with Gasteiger partial charge in [0.15, 0.2) is 0 Å². The summed E-state index contributed by atoms with van der Waals surface area (Å²) < 4.78 is 3.77. The van der Waals surface area contributed by atoms with Gasteiger partial charge in [0.1, 0.15) is 0 Å². The van der Waals surface area contributed by atoms with Gasteiger partial charge in [0.2, 0.25) is 6.79 Å². The summed E-state index contributed by atoms with van der Waals surface area (Å²) in [6, 6.07) is 0. The van der Waals surface area contributed by atoms with Crippen LogP contribution in [-0.4, -0.2) is 13.3 Å². The van der Waals surface area contributed by atoms with Gasteiger partial charge >= 0.3 is 0 Å². The van der Waals surface area contributed by atoms with Gasteiger partial charge < -0.3 is 4.74 Å². The second kappa shape index (κ2) is 4.39. The maximum absolute atomic E-state index is 9.12. The first-order chi connectivity index (χ1) is 2.91. The Balaban J connectivity index is 2.49. The molecule has 4 heteroatoms. The van der Waals surface area contributed by atoms with Crippen LogP contribution in [-0.2, 0) is 19.7 Å². The highest BCUT2D eigenvalue weighted by Crippen LogP contribution is 1.63. The minimum atomic E-state index is -0.510. The smallest absolute Gasteiger partial charge is 0.295 e. The van der Waals surface area contributed by atoms with Crippen LogP contribution in [0.2, 0.25) is 0 Å². The summed E-state index contributed by atoms with van der Waals surface area (Å²) >= 11 is 0. The zero-order valence-corrected chi connectivity index (χ0v) is 2.92. The van der Waals surface area contributed by atoms with E-state index >= 15 is 0 Å². The highest BCUT2D eigenvalue weighted by Gasteiger charge is 1.74. The average molecular weight is 91.0 g/mol. The van der Waals surface area contributed by atoms with Gasteiger partial charge in [-0.25, -0.2) is 0 Å². The Bertz CT molecular complexity index is 34.5. The first-order valence-corrected chi connectivity index (χ1v) is 1.22. The molecule has 0 aromatic carbocycles. The highest BCUT2D eigenvalue weighted by atomic mass is 17.1. The van der Waals surface area contributed by atoms with Crippen molar-refractivity contribution in [1.29, 1.82) is 0 Å². The first kappa shape index (κ1) is 5.39. The van der Waals surface area contributed by atoms with Crippen LogP contribution in [0.1, 0.15) is 0 Å². The van der Waals surface area contributed by atoms with E-state index in [0.717, 1.165) is 0 Å². The van der Waals surface area contributed by atoms with E-state index in [1.165, 1.54) is 0 Å². The summed E-state index contributed by atoms with van der Waals surface area (Å²) in [5, 5.41) is 8.90. The Hall–Kier alpha value is -0.610. The summed E-state index contributed by atoms with van der Waals surface area (Å²) in [4.78, 5) is 12.2. The molecule has 6 heavy (non-hydrogen) atoms. The van der Waals surface area contributed by atoms with Crippen LogP contribution in [0.15, 0.2) is 0 Å². The van der Waals surface area contributed by atoms with E-state index in [1.54, 1.807) is 0 Å². The third-order valence-electron chi connectivity index (χ3n) is 0.184. The van der Waals surface area contributed by atoms with Crippen molar-refractivity contribution in [2.24, 2.45) is 0 Å². The lowest BCUT2D eigenvalue weighted by molar-refractivity contribution is -0.338. The topological polar surface area (TPSA) is 55.4 Å². The molecule has 0 fully saturated rings. The SMILES string of the molecule is [O]OCOC=O. The van der Waals surface area contributed by atoms with Crippen molar-refractivity contribution in [2.75, 3.05) is 6.79 Å². The monoisotopic (exact) mass is 91.0 g/mol. The standard InChI is InChI=1S/C2H3O4/c3-1-5-2-6-4/h1H,2H2. The van der Waals surface area contributed by atoms with Crippen molar-refractivity contribution in [2.45, 2.75) is 0 Å². The Kier molecular flexibility index (Phi) is 3.94. The molecule has 0 bridgehead atoms. The molecule has 0 rings (SSSR count). The van der Waals surface area contributed by atoms with E-state index in [1.807, 2.05) is 0 Å². The van der Waals surface area contributed by atoms with E-state index in [-0.39, 0.29) is 6.47 Å². The lowest BCUT2D eigenvalue weighted by Crippen LogP contribution is -1.90. The normalized spacial score (nSPS) is 7.50. The minimum absolute atomic E-state index is 0.137. The fourth-order valence-corrected chi connectivity index (χ4v) is 0.0556. The Morgan fingerprint density at radius 1 is 1.67 bits per heavy atom. The van der Waals surface area contributed by atoms with Crippen molar-refractivity contribution in [3.05, 3.63) is 0 Å². The van der Waals surface area contributed by atoms with Crippen LogP contribution in [0.3, 0.4) is 0 Å². The predicted octanol–water partition coefficient (Wildman–Crippen LogP) is -0.521. The molecular weight excluding hydrogens is 88.0 g/mol. The van der Waals surface area contributed by atoms with Gasteiger partial charge in [-0.1, -0.05) is 0 Å². The molecule has 0 saturated carbocycles. The van der Waals surface area contributed by atoms with Crippen LogP contribution in [0, 0.1) is 0 Å². The molecule has 0 atom stereocenters. The Labute approximate surface area is 34.2 Å². The molecule has 0 unspecified atom stereocenters. The van der Waals surface area contributed by atoms with Crippen LogP contribution < -0.4 is 0 Å². The molecular formula is C2H3O4. The molecule has 0 saturated heterocycles. The van der Waals surface area contributed by atoms with Crippen molar-refractivity contribution in [3.63, 3.8) is 0 Å². The van der Waals surface area contributed by atoms with Crippen molar-refractivity contribution < 1.29 is 19.7 Å². The quantitative estimate of drug-likeness (QED) is 0.154. The maximum Gasteiger partial charge on any atom is 0.295 e. The third-order valence-corrected chi connectivity index (χ3v) is 0.184. The molecule has 4 nitrogen and oxygen atoms in total. The van der Waals surface area contributed by atoms with E-state index in [0.29, 0.717) is 0 Å². The number of hydrogen-bond acceptors (Lipinski definition) is 3. The molecule has 0 aliphatic heterocycles. The molecule has 0 aromatic rings. The summed E-state index contributed by atoms with van der Waals surface area (Å²) in [6.07, 6.45) is 0. The van der Waals surface area contributed by atoms with Gasteiger partial charge in [-0.2, -0.15) is 4.89 Å². The molecule has 0 aliphatic rings. The zero-order chi connectivity index (χ0) is 4.83. The fourth-order valence-electron chi connectivity index (χ4n) is 0.0556. The zero-order valence-electron chi connectivity index (χ0n) is 2.92. The van der Waals surface area contributed by atoms with Gasteiger partial charge in [-0.05, 0) is 5.26 Å². The largest absolute Gasteiger partial charge is 0.438 e. The van der Waals surface area contributed by atoms with Crippen LogP contribution in [0.4, 0.5) is 0 Å². The third kappa shape index (κ3) is 3.39. The van der Waals surface area contributed by atoms with Crippen LogP contribution in [0.25, 0.3) is 0 Å². The maximum atomic E-state index is 9.12. The molecule has 35 valence electrons. The van der Waals surface area contributed by atoms with E-state index in [4.69, 9.17) is 10.1 Å². The van der Waals surface area contributed by atoms with Gasteiger partial charge in [0.05, 0.1) is 0 Å². The minimum Gasteiger partial charge on any atom is -0.438 e. The molecule has 0 aliphatic carbocycles. The van der Waals surface area contributed by atoms with Crippen LogP contribution in [0.5, 0.6) is 0 Å². The number of ether oxygens (including phenoxy) is 1. The van der Waals surface area contributed by atoms with Gasteiger partial charge in [-0.3, -0.25) is 4.79 Å². The first-order valence-electron chi connectivity index (χ1n) is 1.22. The predicted molar refractivity (Wildman–Crippen MR) is 13.8 cm³/mol. The molecule has 0 spiro atoms. The van der Waals surface area contributed by atoms with Crippen LogP contribution >= 0.6 is 0 Å². The van der Waals surface area contributed by atoms with Gasteiger partial charge in [0, 0.05) is 0 Å². The van der Waals surface area contributed by atoms with Crippen molar-refractivity contribution in [1.82, 2.24) is 0 Å². The Morgan fingerprint density at radius 2 is 2.33 bits per heavy atom. The number of rotatable bonds is 3. The highest BCUT2D eigenvalue weighted by molar-refractivity contribution is 5.36. The van der Waals surface area contributed by atoms with E-state index < -0.39 is 6.79 Å². The lowest BCUT2D eigenvalue weighted by atomic mass is 11.4. The molecule has 0 heterocycles. The summed E-state index contributed by atoms with van der Waals surface area (Å²) in [5.41, 5.74) is 0. The van der Waals surface area contributed by atoms with E-state index in [2.05, 4.69) is 9.62 Å². The number of hydrogen-bond donors (Lipinski definition) is 0. The molecule has 0 N–H and O–H groups in total. The summed E-state index contributed by atoms with van der Waals surface area (Å²) in [6.45, 7) is -0.374. The van der Waals surface area contributed by atoms with E-state index in [9.17, 15) is 0 Å². The fraction of sp³-hybridized carbons (Fsp3) is 0.500. The Morgan fingerprint density at radius 3 is 2.50 bits per heavy atom.